The zero-order chi connectivity index (χ0) is 23.3. The Morgan fingerprint density at radius 2 is 1.79 bits per heavy atom. The Bertz CT molecular complexity index is 1010. The Morgan fingerprint density at radius 3 is 2.59 bits per heavy atom. The maximum Gasteiger partial charge on any atom is 0.101 e. The smallest absolute Gasteiger partial charge is 0.101 e. The molecule has 1 N–H and O–H groups in total. The predicted molar refractivity (Wildman–Crippen MR) is 149 cm³/mol. The van der Waals surface area contributed by atoms with Gasteiger partial charge in [0.1, 0.15) is 4.08 Å². The van der Waals surface area contributed by atoms with Crippen LogP contribution in [0.15, 0.2) is 60.7 Å². The number of nitrogens with one attached hydrogen (secondary N) is 1. The van der Waals surface area contributed by atoms with Crippen molar-refractivity contribution in [3.63, 3.8) is 0 Å². The van der Waals surface area contributed by atoms with Crippen molar-refractivity contribution in [1.82, 2.24) is 9.88 Å². The van der Waals surface area contributed by atoms with Crippen LogP contribution in [0.3, 0.4) is 0 Å². The fourth-order valence-corrected chi connectivity index (χ4v) is 9.32. The summed E-state index contributed by atoms with van der Waals surface area (Å²) in [4.78, 5) is 6.51. The molecule has 0 saturated carbocycles. The van der Waals surface area contributed by atoms with Crippen LogP contribution in [0.25, 0.3) is 10.9 Å². The van der Waals surface area contributed by atoms with Crippen molar-refractivity contribution in [3.8, 4) is 0 Å². The second-order valence-corrected chi connectivity index (χ2v) is 13.1. The summed E-state index contributed by atoms with van der Waals surface area (Å²) in [6, 6.07) is 21.7. The summed E-state index contributed by atoms with van der Waals surface area (Å²) in [5.41, 5.74) is 4.33. The SMILES string of the molecule is CCC1(CC2(c3cc4ccccc4[nH]3)SCCCS2)CCCN(CCOCc2ccccc2)C1. The fraction of sp³-hybridized carbons (Fsp3) is 0.517. The minimum Gasteiger partial charge on any atom is -0.375 e. The minimum absolute atomic E-state index is 0.139. The first-order chi connectivity index (χ1) is 16.7. The van der Waals surface area contributed by atoms with Crippen molar-refractivity contribution < 1.29 is 4.74 Å². The number of para-hydroxylation sites is 1. The molecule has 2 aromatic carbocycles. The number of benzene rings is 2. The molecule has 2 aliphatic heterocycles. The molecule has 2 fully saturated rings. The number of likely N-dealkylation sites (tertiary alicyclic amines) is 1. The second-order valence-electron chi connectivity index (χ2n) is 10.0. The molecule has 0 radical (unpaired) electrons. The summed E-state index contributed by atoms with van der Waals surface area (Å²) in [7, 11) is 0. The van der Waals surface area contributed by atoms with Crippen LogP contribution >= 0.6 is 23.5 Å². The molecule has 3 nitrogen and oxygen atoms in total. The van der Waals surface area contributed by atoms with Gasteiger partial charge in [-0.1, -0.05) is 55.5 Å². The Morgan fingerprint density at radius 1 is 1.00 bits per heavy atom. The van der Waals surface area contributed by atoms with E-state index in [1.807, 2.05) is 0 Å². The number of hydrogen-bond acceptors (Lipinski definition) is 4. The van der Waals surface area contributed by atoms with E-state index in [9.17, 15) is 0 Å². The highest BCUT2D eigenvalue weighted by Gasteiger charge is 2.46. The van der Waals surface area contributed by atoms with Gasteiger partial charge in [-0.15, -0.1) is 23.5 Å². The maximum absolute atomic E-state index is 6.04. The monoisotopic (exact) mass is 494 g/mol. The molecule has 2 saturated heterocycles. The van der Waals surface area contributed by atoms with Crippen LogP contribution in [0.2, 0.25) is 0 Å². The normalized spacial score (nSPS) is 23.3. The van der Waals surface area contributed by atoms with E-state index < -0.39 is 0 Å². The first-order valence-electron chi connectivity index (χ1n) is 12.9. The number of rotatable bonds is 9. The lowest BCUT2D eigenvalue weighted by Crippen LogP contribution is -2.47. The third-order valence-corrected chi connectivity index (χ3v) is 11.0. The van der Waals surface area contributed by atoms with Crippen LogP contribution in [0.5, 0.6) is 0 Å². The topological polar surface area (TPSA) is 28.3 Å². The number of hydrogen-bond donors (Lipinski definition) is 1. The van der Waals surface area contributed by atoms with E-state index in [1.165, 1.54) is 78.9 Å². The first-order valence-corrected chi connectivity index (χ1v) is 14.9. The molecule has 3 heterocycles. The summed E-state index contributed by atoms with van der Waals surface area (Å²) in [6.07, 6.45) is 6.46. The summed E-state index contributed by atoms with van der Waals surface area (Å²) in [6.45, 7) is 7.38. The molecule has 34 heavy (non-hydrogen) atoms. The largest absolute Gasteiger partial charge is 0.375 e. The van der Waals surface area contributed by atoms with Gasteiger partial charge in [-0.2, -0.15) is 0 Å². The highest BCUT2D eigenvalue weighted by molar-refractivity contribution is 8.18. The third-order valence-electron chi connectivity index (χ3n) is 7.66. The van der Waals surface area contributed by atoms with Gasteiger partial charge >= 0.3 is 0 Å². The molecule has 3 aromatic rings. The molecule has 182 valence electrons. The maximum atomic E-state index is 6.04. The molecule has 0 spiro atoms. The molecule has 1 unspecified atom stereocenters. The zero-order valence-corrected chi connectivity index (χ0v) is 22.1. The molecule has 0 aliphatic carbocycles. The second kappa shape index (κ2) is 11.1. The molecular weight excluding hydrogens is 456 g/mol. The molecule has 0 amide bonds. The Balaban J connectivity index is 1.27. The Kier molecular flexibility index (Phi) is 7.94. The summed E-state index contributed by atoms with van der Waals surface area (Å²) in [5, 5.41) is 1.34. The average molecular weight is 495 g/mol. The van der Waals surface area contributed by atoms with Crippen molar-refractivity contribution in [2.24, 2.45) is 5.41 Å². The molecule has 1 atom stereocenters. The van der Waals surface area contributed by atoms with Gasteiger partial charge in [-0.05, 0) is 78.7 Å². The predicted octanol–water partition coefficient (Wildman–Crippen LogP) is 7.29. The van der Waals surface area contributed by atoms with E-state index in [0.717, 1.165) is 13.2 Å². The zero-order valence-electron chi connectivity index (χ0n) is 20.4. The van der Waals surface area contributed by atoms with E-state index in [0.29, 0.717) is 12.0 Å². The third kappa shape index (κ3) is 5.53. The van der Waals surface area contributed by atoms with Crippen LogP contribution in [-0.4, -0.2) is 47.6 Å². The number of aromatic amines is 1. The fourth-order valence-electron chi connectivity index (χ4n) is 5.72. The van der Waals surface area contributed by atoms with E-state index >= 15 is 0 Å². The highest BCUT2D eigenvalue weighted by Crippen LogP contribution is 2.58. The molecule has 5 rings (SSSR count). The minimum atomic E-state index is 0.139. The lowest BCUT2D eigenvalue weighted by atomic mass is 9.73. The van der Waals surface area contributed by atoms with Gasteiger partial charge in [0, 0.05) is 24.3 Å². The molecule has 1 aromatic heterocycles. The van der Waals surface area contributed by atoms with Gasteiger partial charge in [-0.25, -0.2) is 0 Å². The highest BCUT2D eigenvalue weighted by atomic mass is 32.2. The Labute approximate surface area is 213 Å². The van der Waals surface area contributed by atoms with Gasteiger partial charge in [0.15, 0.2) is 0 Å². The van der Waals surface area contributed by atoms with Gasteiger partial charge < -0.3 is 14.6 Å². The summed E-state index contributed by atoms with van der Waals surface area (Å²) in [5.74, 6) is 2.53. The van der Waals surface area contributed by atoms with E-state index in [1.54, 1.807) is 0 Å². The van der Waals surface area contributed by atoms with Gasteiger partial charge in [0.2, 0.25) is 0 Å². The molecule has 5 heteroatoms. The van der Waals surface area contributed by atoms with E-state index in [-0.39, 0.29) is 4.08 Å². The number of H-pyrrole nitrogens is 1. The number of thioether (sulfide) groups is 2. The average Bonchev–Trinajstić information content (AvgIpc) is 3.33. The van der Waals surface area contributed by atoms with E-state index in [2.05, 4.69) is 101 Å². The molecule has 0 bridgehead atoms. The number of fused-ring (bicyclic) bond motifs is 1. The quantitative estimate of drug-likeness (QED) is 0.316. The summed E-state index contributed by atoms with van der Waals surface area (Å²) < 4.78 is 6.18. The number of piperidine rings is 1. The number of ether oxygens (including phenoxy) is 1. The first kappa shape index (κ1) is 24.3. The lowest BCUT2D eigenvalue weighted by Gasteiger charge is -2.48. The Hall–Kier alpha value is -1.40. The van der Waals surface area contributed by atoms with Crippen molar-refractivity contribution in [2.75, 3.05) is 37.7 Å². The lowest BCUT2D eigenvalue weighted by molar-refractivity contribution is 0.0382. The van der Waals surface area contributed by atoms with Gasteiger partial charge in [0.05, 0.1) is 13.2 Å². The van der Waals surface area contributed by atoms with E-state index in [4.69, 9.17) is 4.74 Å². The standard InChI is InChI=1S/C29H38N2OS2/c1-2-28(14-8-15-31(23-28)16-17-32-21-24-10-4-3-5-11-24)22-29(33-18-9-19-34-29)27-20-25-12-6-7-13-26(25)30-27/h3-7,10-13,20,30H,2,8-9,14-19,21-23H2,1H3. The van der Waals surface area contributed by atoms with Crippen molar-refractivity contribution >= 4 is 34.4 Å². The van der Waals surface area contributed by atoms with Gasteiger partial charge in [0.25, 0.3) is 0 Å². The van der Waals surface area contributed by atoms with Crippen LogP contribution in [-0.2, 0) is 15.4 Å². The van der Waals surface area contributed by atoms with Crippen molar-refractivity contribution in [2.45, 2.75) is 49.7 Å². The van der Waals surface area contributed by atoms with Crippen LogP contribution in [0, 0.1) is 5.41 Å². The van der Waals surface area contributed by atoms with Gasteiger partial charge in [-0.3, -0.25) is 0 Å². The summed E-state index contributed by atoms with van der Waals surface area (Å²) >= 11 is 4.39. The van der Waals surface area contributed by atoms with Crippen molar-refractivity contribution in [3.05, 3.63) is 71.9 Å². The molecule has 2 aliphatic rings. The van der Waals surface area contributed by atoms with Crippen LogP contribution in [0.4, 0.5) is 0 Å². The van der Waals surface area contributed by atoms with Crippen LogP contribution < -0.4 is 0 Å². The number of nitrogens with zero attached hydrogens (tertiary/aromatic N) is 1. The molecular formula is C29H38N2OS2. The van der Waals surface area contributed by atoms with Crippen molar-refractivity contribution in [1.29, 1.82) is 0 Å². The number of aromatic nitrogens is 1. The van der Waals surface area contributed by atoms with Crippen LogP contribution in [0.1, 0.15) is 50.3 Å².